The highest BCUT2D eigenvalue weighted by Gasteiger charge is 2.09. The topological polar surface area (TPSA) is 56.5 Å². The molecule has 0 spiro atoms. The Bertz CT molecular complexity index is 715. The SMILES string of the molecule is C=C(C)C(=O)Oc1ccc2c(CCl)cc(=O)oc2c1. The molecule has 0 fully saturated rings. The summed E-state index contributed by atoms with van der Waals surface area (Å²) in [5.41, 5.74) is 0.795. The fraction of sp³-hybridized carbons (Fsp3) is 0.143. The number of halogens is 1. The molecule has 5 heteroatoms. The van der Waals surface area contributed by atoms with Gasteiger partial charge >= 0.3 is 11.6 Å². The van der Waals surface area contributed by atoms with Gasteiger partial charge < -0.3 is 9.15 Å². The highest BCUT2D eigenvalue weighted by molar-refractivity contribution is 6.17. The molecule has 0 atom stereocenters. The summed E-state index contributed by atoms with van der Waals surface area (Å²) in [7, 11) is 0. The first-order chi connectivity index (χ1) is 9.01. The molecule has 0 unspecified atom stereocenters. The molecular weight excluding hydrogens is 268 g/mol. The molecule has 0 saturated carbocycles. The first-order valence-electron chi connectivity index (χ1n) is 5.51. The Kier molecular flexibility index (Phi) is 3.71. The van der Waals surface area contributed by atoms with E-state index in [1.807, 2.05) is 0 Å². The molecule has 1 aromatic carbocycles. The molecule has 0 aliphatic carbocycles. The van der Waals surface area contributed by atoms with Crippen LogP contribution in [-0.2, 0) is 10.7 Å². The number of rotatable bonds is 3. The third-order valence-corrected chi connectivity index (χ3v) is 2.79. The molecule has 98 valence electrons. The molecular formula is C14H11ClO4. The maximum absolute atomic E-state index is 11.4. The molecule has 0 aliphatic heterocycles. The largest absolute Gasteiger partial charge is 0.423 e. The molecule has 0 bridgehead atoms. The highest BCUT2D eigenvalue weighted by atomic mass is 35.5. The van der Waals surface area contributed by atoms with Gasteiger partial charge in [0.05, 0.1) is 0 Å². The number of carbonyl (C=O) groups excluding carboxylic acids is 1. The number of hydrogen-bond acceptors (Lipinski definition) is 4. The van der Waals surface area contributed by atoms with Crippen molar-refractivity contribution in [3.05, 3.63) is 52.4 Å². The van der Waals surface area contributed by atoms with E-state index in [1.165, 1.54) is 12.1 Å². The summed E-state index contributed by atoms with van der Waals surface area (Å²) in [6.07, 6.45) is 0. The number of ether oxygens (including phenoxy) is 1. The van der Waals surface area contributed by atoms with Gasteiger partial charge in [0.1, 0.15) is 11.3 Å². The standard InChI is InChI=1S/C14H11ClO4/c1-8(2)14(17)18-10-3-4-11-9(7-15)5-13(16)19-12(11)6-10/h3-6H,1,7H2,2H3. The van der Waals surface area contributed by atoms with E-state index < -0.39 is 11.6 Å². The van der Waals surface area contributed by atoms with Crippen molar-refractivity contribution in [3.8, 4) is 5.75 Å². The minimum absolute atomic E-state index is 0.201. The number of hydrogen-bond donors (Lipinski definition) is 0. The van der Waals surface area contributed by atoms with Crippen molar-refractivity contribution < 1.29 is 13.9 Å². The van der Waals surface area contributed by atoms with Gasteiger partial charge in [-0.25, -0.2) is 9.59 Å². The van der Waals surface area contributed by atoms with Crippen LogP contribution >= 0.6 is 11.6 Å². The zero-order valence-corrected chi connectivity index (χ0v) is 11.0. The van der Waals surface area contributed by atoms with E-state index in [-0.39, 0.29) is 17.2 Å². The lowest BCUT2D eigenvalue weighted by molar-refractivity contribution is -0.130. The van der Waals surface area contributed by atoms with E-state index in [0.717, 1.165) is 0 Å². The van der Waals surface area contributed by atoms with Gasteiger partial charge in [-0.05, 0) is 24.6 Å². The smallest absolute Gasteiger partial charge is 0.338 e. The minimum atomic E-state index is -0.532. The zero-order chi connectivity index (χ0) is 14.0. The third kappa shape index (κ3) is 2.85. The first kappa shape index (κ1) is 13.4. The highest BCUT2D eigenvalue weighted by Crippen LogP contribution is 2.24. The van der Waals surface area contributed by atoms with Crippen LogP contribution in [0.5, 0.6) is 5.75 Å². The lowest BCUT2D eigenvalue weighted by atomic mass is 10.1. The van der Waals surface area contributed by atoms with Crippen LogP contribution in [0.2, 0.25) is 0 Å². The maximum atomic E-state index is 11.4. The maximum Gasteiger partial charge on any atom is 0.338 e. The van der Waals surface area contributed by atoms with E-state index >= 15 is 0 Å². The van der Waals surface area contributed by atoms with Gasteiger partial charge in [-0.1, -0.05) is 6.58 Å². The Balaban J connectivity index is 2.49. The third-order valence-electron chi connectivity index (χ3n) is 2.50. The average Bonchev–Trinajstić information content (AvgIpc) is 2.37. The normalized spacial score (nSPS) is 10.4. The lowest BCUT2D eigenvalue weighted by Crippen LogP contribution is -2.08. The number of fused-ring (bicyclic) bond motifs is 1. The van der Waals surface area contributed by atoms with Crippen molar-refractivity contribution in [3.63, 3.8) is 0 Å². The Morgan fingerprint density at radius 3 is 2.79 bits per heavy atom. The number of benzene rings is 1. The Morgan fingerprint density at radius 1 is 1.42 bits per heavy atom. The van der Waals surface area contributed by atoms with Crippen molar-refractivity contribution in [1.82, 2.24) is 0 Å². The van der Waals surface area contributed by atoms with Crippen molar-refractivity contribution >= 4 is 28.5 Å². The summed E-state index contributed by atoms with van der Waals surface area (Å²) in [5, 5.41) is 0.713. The average molecular weight is 279 g/mol. The monoisotopic (exact) mass is 278 g/mol. The van der Waals surface area contributed by atoms with Gasteiger partial charge in [-0.15, -0.1) is 11.6 Å². The van der Waals surface area contributed by atoms with Crippen molar-refractivity contribution in [1.29, 1.82) is 0 Å². The Labute approximate surface area is 114 Å². The molecule has 0 radical (unpaired) electrons. The summed E-state index contributed by atoms with van der Waals surface area (Å²) < 4.78 is 10.1. The van der Waals surface area contributed by atoms with E-state index in [0.29, 0.717) is 16.5 Å². The van der Waals surface area contributed by atoms with E-state index in [9.17, 15) is 9.59 Å². The first-order valence-corrected chi connectivity index (χ1v) is 6.05. The number of esters is 1. The van der Waals surface area contributed by atoms with Crippen molar-refractivity contribution in [2.45, 2.75) is 12.8 Å². The number of carbonyl (C=O) groups is 1. The molecule has 2 rings (SSSR count). The fourth-order valence-corrected chi connectivity index (χ4v) is 1.80. The van der Waals surface area contributed by atoms with Gasteiger partial charge in [0.2, 0.25) is 0 Å². The molecule has 0 amide bonds. The predicted molar refractivity (Wildman–Crippen MR) is 72.5 cm³/mol. The summed E-state index contributed by atoms with van der Waals surface area (Å²) in [4.78, 5) is 22.8. The Morgan fingerprint density at radius 2 is 2.16 bits per heavy atom. The quantitative estimate of drug-likeness (QED) is 0.285. The molecule has 1 aromatic heterocycles. The van der Waals surface area contributed by atoms with Crippen LogP contribution in [0.15, 0.2) is 45.6 Å². The lowest BCUT2D eigenvalue weighted by Gasteiger charge is -2.06. The number of alkyl halides is 1. The molecule has 0 saturated heterocycles. The minimum Gasteiger partial charge on any atom is -0.423 e. The second-order valence-corrected chi connectivity index (χ2v) is 4.32. The van der Waals surface area contributed by atoms with Gasteiger partial charge in [0.25, 0.3) is 0 Å². The summed E-state index contributed by atoms with van der Waals surface area (Å²) in [5.74, 6) is -0.0435. The van der Waals surface area contributed by atoms with Crippen LogP contribution in [0.25, 0.3) is 11.0 Å². The molecule has 0 N–H and O–H groups in total. The van der Waals surface area contributed by atoms with E-state index in [2.05, 4.69) is 6.58 Å². The summed E-state index contributed by atoms with van der Waals surface area (Å²) >= 11 is 5.77. The van der Waals surface area contributed by atoms with Gasteiger partial charge in [0.15, 0.2) is 0 Å². The zero-order valence-electron chi connectivity index (χ0n) is 10.2. The van der Waals surface area contributed by atoms with Crippen LogP contribution in [0.3, 0.4) is 0 Å². The van der Waals surface area contributed by atoms with E-state index in [1.54, 1.807) is 19.1 Å². The van der Waals surface area contributed by atoms with Gasteiger partial charge in [-0.3, -0.25) is 0 Å². The predicted octanol–water partition coefficient (Wildman–Crippen LogP) is 3.01. The molecule has 0 aliphatic rings. The van der Waals surface area contributed by atoms with Crippen LogP contribution in [0.1, 0.15) is 12.5 Å². The Hall–Kier alpha value is -2.07. The molecule has 19 heavy (non-hydrogen) atoms. The molecule has 4 nitrogen and oxygen atoms in total. The van der Waals surface area contributed by atoms with Gasteiger partial charge in [0, 0.05) is 29.0 Å². The summed E-state index contributed by atoms with van der Waals surface area (Å²) in [6, 6.07) is 6.12. The van der Waals surface area contributed by atoms with Crippen LogP contribution in [0, 0.1) is 0 Å². The second-order valence-electron chi connectivity index (χ2n) is 4.05. The summed E-state index contributed by atoms with van der Waals surface area (Å²) in [6.45, 7) is 5.04. The van der Waals surface area contributed by atoms with Crippen molar-refractivity contribution in [2.75, 3.05) is 0 Å². The van der Waals surface area contributed by atoms with Gasteiger partial charge in [-0.2, -0.15) is 0 Å². The second kappa shape index (κ2) is 5.28. The van der Waals surface area contributed by atoms with E-state index in [4.69, 9.17) is 20.8 Å². The molecule has 1 heterocycles. The fourth-order valence-electron chi connectivity index (χ4n) is 1.58. The van der Waals surface area contributed by atoms with Crippen LogP contribution in [-0.4, -0.2) is 5.97 Å². The molecule has 2 aromatic rings. The van der Waals surface area contributed by atoms with Crippen LogP contribution in [0.4, 0.5) is 0 Å². The van der Waals surface area contributed by atoms with Crippen LogP contribution < -0.4 is 10.4 Å². The van der Waals surface area contributed by atoms with Crippen molar-refractivity contribution in [2.24, 2.45) is 0 Å².